The van der Waals surface area contributed by atoms with E-state index in [1.165, 1.54) is 16.8 Å². The van der Waals surface area contributed by atoms with Gasteiger partial charge in [0.15, 0.2) is 0 Å². The highest BCUT2D eigenvalue weighted by Crippen LogP contribution is 2.33. The molecule has 1 N–H and O–H groups in total. The van der Waals surface area contributed by atoms with Crippen molar-refractivity contribution in [2.24, 2.45) is 0 Å². The molecule has 0 spiro atoms. The van der Waals surface area contributed by atoms with Gasteiger partial charge in [-0.15, -0.1) is 11.3 Å². The van der Waals surface area contributed by atoms with Crippen LogP contribution in [-0.2, 0) is 17.6 Å². The van der Waals surface area contributed by atoms with Crippen molar-refractivity contribution < 1.29 is 9.53 Å². The number of thiophene rings is 1. The van der Waals surface area contributed by atoms with Gasteiger partial charge in [-0.3, -0.25) is 0 Å². The molecule has 1 saturated heterocycles. The first-order chi connectivity index (χ1) is 13.8. The first-order valence-corrected chi connectivity index (χ1v) is 11.2. The number of rotatable bonds is 4. The van der Waals surface area contributed by atoms with Gasteiger partial charge in [0.25, 0.3) is 0 Å². The fourth-order valence-electron chi connectivity index (χ4n) is 4.20. The number of nitrogens with zero attached hydrogens (tertiary/aromatic N) is 2. The normalized spacial score (nSPS) is 18.8. The number of carbonyl (C=O) groups excluding carboxylic acids is 1. The van der Waals surface area contributed by atoms with Gasteiger partial charge < -0.3 is 19.9 Å². The van der Waals surface area contributed by atoms with Crippen LogP contribution in [0.1, 0.15) is 43.2 Å². The van der Waals surface area contributed by atoms with Crippen molar-refractivity contribution in [3.05, 3.63) is 51.7 Å². The first kappa shape index (κ1) is 20.0. The Kier molecular flexibility index (Phi) is 5.38. The molecule has 3 heterocycles. The molecular formula is C23H29N3O2S. The number of fused-ring (bicyclic) bond motifs is 1. The van der Waals surface area contributed by atoms with Gasteiger partial charge in [-0.1, -0.05) is 18.2 Å². The van der Waals surface area contributed by atoms with E-state index in [0.29, 0.717) is 18.2 Å². The van der Waals surface area contributed by atoms with Crippen LogP contribution in [-0.4, -0.2) is 48.0 Å². The molecule has 1 aromatic heterocycles. The van der Waals surface area contributed by atoms with E-state index in [2.05, 4.69) is 23.1 Å². The van der Waals surface area contributed by atoms with Gasteiger partial charge in [0.2, 0.25) is 0 Å². The Bertz CT molecular complexity index is 901. The van der Waals surface area contributed by atoms with Crippen LogP contribution in [0.3, 0.4) is 0 Å². The molecule has 0 saturated carbocycles. The van der Waals surface area contributed by atoms with Crippen molar-refractivity contribution >= 4 is 28.8 Å². The van der Waals surface area contributed by atoms with E-state index in [4.69, 9.17) is 10.1 Å². The summed E-state index contributed by atoms with van der Waals surface area (Å²) in [7, 11) is 0. The van der Waals surface area contributed by atoms with E-state index in [1.54, 1.807) is 11.3 Å². The van der Waals surface area contributed by atoms with E-state index in [9.17, 15) is 4.79 Å². The zero-order valence-electron chi connectivity index (χ0n) is 17.4. The van der Waals surface area contributed by atoms with E-state index >= 15 is 0 Å². The first-order valence-electron chi connectivity index (χ1n) is 10.3. The summed E-state index contributed by atoms with van der Waals surface area (Å²) in [6, 6.07) is 11.0. The van der Waals surface area contributed by atoms with Crippen LogP contribution in [0.25, 0.3) is 0 Å². The lowest BCUT2D eigenvalue weighted by Crippen LogP contribution is -2.40. The summed E-state index contributed by atoms with van der Waals surface area (Å²) in [5, 5.41) is 10.4. The zero-order chi connectivity index (χ0) is 20.6. The van der Waals surface area contributed by atoms with E-state index in [0.717, 1.165) is 37.4 Å². The highest BCUT2D eigenvalue weighted by molar-refractivity contribution is 7.12. The number of hydrogen-bond donors (Lipinski definition) is 1. The third-order valence-corrected chi connectivity index (χ3v) is 6.46. The second kappa shape index (κ2) is 7.82. The number of hydrogen-bond acceptors (Lipinski definition) is 5. The second-order valence-electron chi connectivity index (χ2n) is 8.91. The summed E-state index contributed by atoms with van der Waals surface area (Å²) in [4.78, 5) is 17.7. The van der Waals surface area contributed by atoms with Crippen LogP contribution in [0.5, 0.6) is 0 Å². The quantitative estimate of drug-likeness (QED) is 0.740. The predicted molar refractivity (Wildman–Crippen MR) is 119 cm³/mol. The van der Waals surface area contributed by atoms with Crippen molar-refractivity contribution in [1.29, 1.82) is 5.41 Å². The Balaban J connectivity index is 1.40. The fraction of sp³-hybridized carbons (Fsp3) is 0.478. The summed E-state index contributed by atoms with van der Waals surface area (Å²) >= 11 is 1.62. The molecule has 5 nitrogen and oxygen atoms in total. The highest BCUT2D eigenvalue weighted by atomic mass is 32.1. The maximum absolute atomic E-state index is 12.4. The number of benzene rings is 1. The average Bonchev–Trinajstić information content (AvgIpc) is 3.39. The molecule has 1 atom stereocenters. The fourth-order valence-corrected chi connectivity index (χ4v) is 4.88. The summed E-state index contributed by atoms with van der Waals surface area (Å²) in [5.74, 6) is 0. The van der Waals surface area contributed by atoms with Crippen molar-refractivity contribution in [3.63, 3.8) is 0 Å². The van der Waals surface area contributed by atoms with Crippen LogP contribution in [0.2, 0.25) is 0 Å². The third kappa shape index (κ3) is 4.47. The molecule has 1 fully saturated rings. The van der Waals surface area contributed by atoms with Gasteiger partial charge in [0, 0.05) is 42.7 Å². The molecule has 4 rings (SSSR count). The Morgan fingerprint density at radius 2 is 2.10 bits per heavy atom. The molecule has 29 heavy (non-hydrogen) atoms. The SMILES string of the molecule is CC(C)(C)OC(=O)N1CCC(N2CCc3cc(CC(=N)c4cccs4)ccc32)C1. The van der Waals surface area contributed by atoms with Crippen molar-refractivity contribution in [2.75, 3.05) is 24.5 Å². The van der Waals surface area contributed by atoms with E-state index in [-0.39, 0.29) is 6.09 Å². The average molecular weight is 412 g/mol. The Morgan fingerprint density at radius 1 is 1.28 bits per heavy atom. The van der Waals surface area contributed by atoms with Crippen molar-refractivity contribution in [1.82, 2.24) is 4.90 Å². The molecule has 0 bridgehead atoms. The van der Waals surface area contributed by atoms with Gasteiger partial charge >= 0.3 is 6.09 Å². The van der Waals surface area contributed by atoms with Crippen molar-refractivity contribution in [2.45, 2.75) is 51.7 Å². The predicted octanol–water partition coefficient (Wildman–Crippen LogP) is 4.73. The Hall–Kier alpha value is -2.34. The molecule has 0 radical (unpaired) electrons. The summed E-state index contributed by atoms with van der Waals surface area (Å²) in [6.45, 7) is 8.19. The standard InChI is InChI=1S/C23H29N3O2S/c1-23(2,3)28-22(27)25-10-9-18(15-25)26-11-8-17-13-16(6-7-20(17)26)14-19(24)21-5-4-12-29-21/h4-7,12-13,18,24H,8-11,14-15H2,1-3H3. The molecule has 2 aliphatic rings. The van der Waals surface area contributed by atoms with Gasteiger partial charge in [-0.25, -0.2) is 4.79 Å². The van der Waals surface area contributed by atoms with E-state index < -0.39 is 5.60 Å². The van der Waals surface area contributed by atoms with Crippen molar-refractivity contribution in [3.8, 4) is 0 Å². The van der Waals surface area contributed by atoms with E-state index in [1.807, 2.05) is 43.2 Å². The Labute approximate surface area is 176 Å². The smallest absolute Gasteiger partial charge is 0.410 e. The number of anilines is 1. The number of amides is 1. The number of nitrogens with one attached hydrogen (secondary N) is 1. The van der Waals surface area contributed by atoms with Crippen LogP contribution in [0, 0.1) is 5.41 Å². The molecule has 154 valence electrons. The lowest BCUT2D eigenvalue weighted by atomic mass is 10.0. The lowest BCUT2D eigenvalue weighted by Gasteiger charge is -2.28. The Morgan fingerprint density at radius 3 is 2.83 bits per heavy atom. The number of ether oxygens (including phenoxy) is 1. The zero-order valence-corrected chi connectivity index (χ0v) is 18.2. The van der Waals surface area contributed by atoms with Gasteiger partial charge in [0.1, 0.15) is 5.60 Å². The molecule has 1 amide bonds. The molecular weight excluding hydrogens is 382 g/mol. The van der Waals surface area contributed by atoms with Crippen LogP contribution < -0.4 is 4.90 Å². The highest BCUT2D eigenvalue weighted by Gasteiger charge is 2.35. The largest absolute Gasteiger partial charge is 0.444 e. The molecule has 1 unspecified atom stereocenters. The number of likely N-dealkylation sites (tertiary alicyclic amines) is 1. The molecule has 1 aromatic carbocycles. The summed E-state index contributed by atoms with van der Waals surface area (Å²) in [5.41, 5.74) is 4.07. The summed E-state index contributed by atoms with van der Waals surface area (Å²) < 4.78 is 5.53. The minimum absolute atomic E-state index is 0.207. The maximum Gasteiger partial charge on any atom is 0.410 e. The second-order valence-corrected chi connectivity index (χ2v) is 9.86. The molecule has 2 aliphatic heterocycles. The number of carbonyl (C=O) groups is 1. The topological polar surface area (TPSA) is 56.6 Å². The molecule has 2 aromatic rings. The third-order valence-electron chi connectivity index (χ3n) is 5.53. The summed E-state index contributed by atoms with van der Waals surface area (Å²) in [6.07, 6.45) is 2.47. The van der Waals surface area contributed by atoms with Crippen LogP contribution in [0.4, 0.5) is 10.5 Å². The minimum Gasteiger partial charge on any atom is -0.444 e. The van der Waals surface area contributed by atoms with Gasteiger partial charge in [0.05, 0.1) is 5.71 Å². The molecule has 0 aliphatic carbocycles. The maximum atomic E-state index is 12.4. The van der Waals surface area contributed by atoms with Crippen LogP contribution in [0.15, 0.2) is 35.7 Å². The van der Waals surface area contributed by atoms with Gasteiger partial charge in [-0.05, 0) is 62.3 Å². The molecule has 6 heteroatoms. The lowest BCUT2D eigenvalue weighted by molar-refractivity contribution is 0.0292. The minimum atomic E-state index is -0.456. The van der Waals surface area contributed by atoms with Gasteiger partial charge in [-0.2, -0.15) is 0 Å². The monoisotopic (exact) mass is 411 g/mol. The van der Waals surface area contributed by atoms with Crippen LogP contribution >= 0.6 is 11.3 Å².